The van der Waals surface area contributed by atoms with Crippen LogP contribution >= 0.6 is 27.3 Å². The molecule has 0 aliphatic carbocycles. The molecular formula is C21H21BrN2O3S. The first kappa shape index (κ1) is 20.4. The number of rotatable bonds is 7. The molecule has 0 aliphatic rings. The van der Waals surface area contributed by atoms with Gasteiger partial charge in [0.15, 0.2) is 11.7 Å². The van der Waals surface area contributed by atoms with Crippen LogP contribution < -0.4 is 14.8 Å². The first-order chi connectivity index (χ1) is 13.5. The third kappa shape index (κ3) is 5.11. The maximum atomic E-state index is 12.2. The van der Waals surface area contributed by atoms with Gasteiger partial charge in [-0.3, -0.25) is 10.1 Å². The molecule has 0 saturated heterocycles. The topological polar surface area (TPSA) is 60.5 Å². The summed E-state index contributed by atoms with van der Waals surface area (Å²) in [7, 11) is 1.63. The number of ether oxygens (including phenoxy) is 2. The van der Waals surface area contributed by atoms with Crippen LogP contribution in [0.15, 0.2) is 52.3 Å². The quantitative estimate of drug-likeness (QED) is 0.489. The fraction of sp³-hybridized carbons (Fsp3) is 0.238. The third-order valence-electron chi connectivity index (χ3n) is 4.10. The van der Waals surface area contributed by atoms with E-state index in [1.54, 1.807) is 7.11 Å². The molecular weight excluding hydrogens is 440 g/mol. The zero-order chi connectivity index (χ0) is 20.1. The number of nitrogens with one attached hydrogen (secondary N) is 1. The summed E-state index contributed by atoms with van der Waals surface area (Å²) < 4.78 is 11.7. The molecule has 1 N–H and O–H groups in total. The maximum absolute atomic E-state index is 12.2. The Hall–Kier alpha value is -2.38. The number of carbonyl (C=O) groups is 1. The first-order valence-electron chi connectivity index (χ1n) is 8.78. The molecule has 3 rings (SSSR count). The van der Waals surface area contributed by atoms with Crippen molar-refractivity contribution in [2.24, 2.45) is 0 Å². The SMILES string of the molecule is COc1cccc(-c2csc(NC(=O)COc3ccc(C(C)C)cc3Br)n2)c1. The number of hydrogen-bond donors (Lipinski definition) is 1. The molecule has 1 heterocycles. The molecule has 7 heteroatoms. The van der Waals surface area contributed by atoms with Crippen molar-refractivity contribution in [1.82, 2.24) is 4.98 Å². The summed E-state index contributed by atoms with van der Waals surface area (Å²) in [5.41, 5.74) is 2.92. The minimum absolute atomic E-state index is 0.0896. The van der Waals surface area contributed by atoms with Crippen molar-refractivity contribution in [2.75, 3.05) is 19.0 Å². The number of aromatic nitrogens is 1. The second-order valence-electron chi connectivity index (χ2n) is 6.45. The van der Waals surface area contributed by atoms with Gasteiger partial charge in [-0.15, -0.1) is 11.3 Å². The van der Waals surface area contributed by atoms with Crippen molar-refractivity contribution in [1.29, 1.82) is 0 Å². The van der Waals surface area contributed by atoms with Crippen LogP contribution in [0.25, 0.3) is 11.3 Å². The van der Waals surface area contributed by atoms with E-state index >= 15 is 0 Å². The smallest absolute Gasteiger partial charge is 0.264 e. The van der Waals surface area contributed by atoms with Gasteiger partial charge in [-0.05, 0) is 51.7 Å². The molecule has 28 heavy (non-hydrogen) atoms. The van der Waals surface area contributed by atoms with Crippen LogP contribution in [0, 0.1) is 0 Å². The van der Waals surface area contributed by atoms with E-state index in [1.165, 1.54) is 16.9 Å². The van der Waals surface area contributed by atoms with Crippen LogP contribution in [0.5, 0.6) is 11.5 Å². The number of benzene rings is 2. The van der Waals surface area contributed by atoms with E-state index in [2.05, 4.69) is 40.1 Å². The number of anilines is 1. The zero-order valence-corrected chi connectivity index (χ0v) is 18.3. The van der Waals surface area contributed by atoms with Crippen molar-refractivity contribution in [2.45, 2.75) is 19.8 Å². The molecule has 2 aromatic carbocycles. The second-order valence-corrected chi connectivity index (χ2v) is 8.16. The number of nitrogens with zero attached hydrogens (tertiary/aromatic N) is 1. The highest BCUT2D eigenvalue weighted by Crippen LogP contribution is 2.29. The Morgan fingerprint density at radius 3 is 2.79 bits per heavy atom. The molecule has 3 aromatic rings. The fourth-order valence-corrected chi connectivity index (χ4v) is 3.78. The summed E-state index contributed by atoms with van der Waals surface area (Å²) in [6.45, 7) is 4.17. The summed E-state index contributed by atoms with van der Waals surface area (Å²) in [5, 5.41) is 5.20. The molecule has 5 nitrogen and oxygen atoms in total. The lowest BCUT2D eigenvalue weighted by Gasteiger charge is -2.11. The molecule has 0 atom stereocenters. The summed E-state index contributed by atoms with van der Waals surface area (Å²) in [6.07, 6.45) is 0. The largest absolute Gasteiger partial charge is 0.497 e. The van der Waals surface area contributed by atoms with Gasteiger partial charge in [0.1, 0.15) is 11.5 Å². The molecule has 1 amide bonds. The number of thiazole rings is 1. The second kappa shape index (κ2) is 9.21. The van der Waals surface area contributed by atoms with E-state index in [1.807, 2.05) is 47.8 Å². The molecule has 0 bridgehead atoms. The van der Waals surface area contributed by atoms with E-state index in [0.29, 0.717) is 16.8 Å². The Balaban J connectivity index is 1.59. The average Bonchev–Trinajstić information content (AvgIpc) is 3.15. The van der Waals surface area contributed by atoms with Gasteiger partial charge in [-0.1, -0.05) is 32.0 Å². The van der Waals surface area contributed by atoms with Crippen LogP contribution in [-0.4, -0.2) is 24.6 Å². The first-order valence-corrected chi connectivity index (χ1v) is 10.5. The highest BCUT2D eigenvalue weighted by atomic mass is 79.9. The molecule has 0 unspecified atom stereocenters. The lowest BCUT2D eigenvalue weighted by atomic mass is 10.0. The van der Waals surface area contributed by atoms with Crippen molar-refractivity contribution < 1.29 is 14.3 Å². The zero-order valence-electron chi connectivity index (χ0n) is 15.9. The Bertz CT molecular complexity index is 972. The number of amides is 1. The highest BCUT2D eigenvalue weighted by molar-refractivity contribution is 9.10. The number of halogens is 1. The summed E-state index contributed by atoms with van der Waals surface area (Å²) in [5.74, 6) is 1.57. The van der Waals surface area contributed by atoms with Crippen molar-refractivity contribution in [3.05, 3.63) is 57.9 Å². The Morgan fingerprint density at radius 1 is 1.25 bits per heavy atom. The van der Waals surface area contributed by atoms with Crippen LogP contribution in [0.4, 0.5) is 5.13 Å². The number of hydrogen-bond acceptors (Lipinski definition) is 5. The van der Waals surface area contributed by atoms with Crippen LogP contribution in [0.1, 0.15) is 25.3 Å². The Labute approximate surface area is 176 Å². The minimum Gasteiger partial charge on any atom is -0.497 e. The lowest BCUT2D eigenvalue weighted by Crippen LogP contribution is -2.20. The van der Waals surface area contributed by atoms with Crippen LogP contribution in [0.2, 0.25) is 0 Å². The van der Waals surface area contributed by atoms with Crippen LogP contribution in [0.3, 0.4) is 0 Å². The highest BCUT2D eigenvalue weighted by Gasteiger charge is 2.11. The van der Waals surface area contributed by atoms with E-state index in [9.17, 15) is 4.79 Å². The molecule has 0 fully saturated rings. The van der Waals surface area contributed by atoms with Gasteiger partial charge >= 0.3 is 0 Å². The van der Waals surface area contributed by atoms with Crippen molar-refractivity contribution in [3.8, 4) is 22.8 Å². The molecule has 0 saturated carbocycles. The molecule has 0 radical (unpaired) electrons. The minimum atomic E-state index is -0.258. The van der Waals surface area contributed by atoms with Gasteiger partial charge in [0.05, 0.1) is 17.3 Å². The van der Waals surface area contributed by atoms with E-state index in [0.717, 1.165) is 21.5 Å². The Kier molecular flexibility index (Phi) is 6.70. The van der Waals surface area contributed by atoms with Crippen LogP contribution in [-0.2, 0) is 4.79 Å². The summed E-state index contributed by atoms with van der Waals surface area (Å²) >= 11 is 4.86. The van der Waals surface area contributed by atoms with E-state index in [-0.39, 0.29) is 12.5 Å². The molecule has 146 valence electrons. The predicted molar refractivity (Wildman–Crippen MR) is 116 cm³/mol. The third-order valence-corrected chi connectivity index (χ3v) is 5.47. The normalized spacial score (nSPS) is 10.8. The lowest BCUT2D eigenvalue weighted by molar-refractivity contribution is -0.118. The standard InChI is InChI=1S/C21H21BrN2O3S/c1-13(2)14-7-8-19(17(22)10-14)27-11-20(25)24-21-23-18(12-28-21)15-5-4-6-16(9-15)26-3/h4-10,12-13H,11H2,1-3H3,(H,23,24,25). The monoisotopic (exact) mass is 460 g/mol. The number of carbonyl (C=O) groups excluding carboxylic acids is 1. The van der Waals surface area contributed by atoms with Gasteiger partial charge in [0.2, 0.25) is 0 Å². The summed E-state index contributed by atoms with van der Waals surface area (Å²) in [6, 6.07) is 13.5. The van der Waals surface area contributed by atoms with Gasteiger partial charge in [0, 0.05) is 10.9 Å². The number of methoxy groups -OCH3 is 1. The summed E-state index contributed by atoms with van der Waals surface area (Å²) in [4.78, 5) is 16.7. The van der Waals surface area contributed by atoms with Gasteiger partial charge < -0.3 is 9.47 Å². The molecule has 1 aromatic heterocycles. The van der Waals surface area contributed by atoms with Crippen molar-refractivity contribution in [3.63, 3.8) is 0 Å². The van der Waals surface area contributed by atoms with Gasteiger partial charge in [-0.25, -0.2) is 4.98 Å². The van der Waals surface area contributed by atoms with Gasteiger partial charge in [0.25, 0.3) is 5.91 Å². The van der Waals surface area contributed by atoms with Gasteiger partial charge in [-0.2, -0.15) is 0 Å². The van der Waals surface area contributed by atoms with E-state index < -0.39 is 0 Å². The maximum Gasteiger partial charge on any atom is 0.264 e. The molecule has 0 spiro atoms. The van der Waals surface area contributed by atoms with E-state index in [4.69, 9.17) is 9.47 Å². The average molecular weight is 461 g/mol. The fourth-order valence-electron chi connectivity index (χ4n) is 2.54. The Morgan fingerprint density at radius 2 is 2.07 bits per heavy atom. The molecule has 0 aliphatic heterocycles. The van der Waals surface area contributed by atoms with Crippen molar-refractivity contribution >= 4 is 38.3 Å². The predicted octanol–water partition coefficient (Wildman–Crippen LogP) is 5.72.